The number of ketones is 1. The first-order chi connectivity index (χ1) is 7.11. The zero-order chi connectivity index (χ0) is 11.4. The van der Waals surface area contributed by atoms with E-state index < -0.39 is 0 Å². The van der Waals surface area contributed by atoms with Gasteiger partial charge in [-0.3, -0.25) is 9.59 Å². The van der Waals surface area contributed by atoms with E-state index >= 15 is 0 Å². The molecular weight excluding hydrogens is 260 g/mol. The fraction of sp³-hybridized carbons (Fsp3) is 0.273. The minimum Gasteiger partial charge on any atom is -0.493 e. The number of rotatable bonds is 4. The van der Waals surface area contributed by atoms with Crippen molar-refractivity contribution in [2.45, 2.75) is 13.8 Å². The van der Waals surface area contributed by atoms with E-state index in [1.165, 1.54) is 6.92 Å². The molecule has 1 aromatic rings. The lowest BCUT2D eigenvalue weighted by Gasteiger charge is -2.09. The van der Waals surface area contributed by atoms with E-state index in [0.717, 1.165) is 0 Å². The summed E-state index contributed by atoms with van der Waals surface area (Å²) < 4.78 is 5.77. The van der Waals surface area contributed by atoms with Gasteiger partial charge in [0, 0.05) is 10.0 Å². The largest absolute Gasteiger partial charge is 0.493 e. The molecule has 0 unspecified atom stereocenters. The molecule has 4 heteroatoms. The van der Waals surface area contributed by atoms with Crippen molar-refractivity contribution in [1.29, 1.82) is 0 Å². The molecule has 0 spiro atoms. The maximum absolute atomic E-state index is 11.2. The molecule has 0 aromatic heterocycles. The Labute approximate surface area is 96.6 Å². The molecule has 1 rings (SSSR count). The van der Waals surface area contributed by atoms with Crippen molar-refractivity contribution in [3.63, 3.8) is 0 Å². The van der Waals surface area contributed by atoms with Crippen molar-refractivity contribution in [3.8, 4) is 5.75 Å². The van der Waals surface area contributed by atoms with Gasteiger partial charge in [0.15, 0.2) is 12.1 Å². The summed E-state index contributed by atoms with van der Waals surface area (Å²) in [5, 5.41) is 0. The van der Waals surface area contributed by atoms with Crippen LogP contribution in [0.4, 0.5) is 0 Å². The van der Waals surface area contributed by atoms with Crippen molar-refractivity contribution >= 4 is 28.0 Å². The van der Waals surface area contributed by atoms with Gasteiger partial charge in [-0.15, -0.1) is 0 Å². The molecule has 0 heterocycles. The summed E-state index contributed by atoms with van der Waals surface area (Å²) in [5.41, 5.74) is 0.866. The number of ether oxygens (including phenoxy) is 1. The number of hydrogen-bond acceptors (Lipinski definition) is 3. The van der Waals surface area contributed by atoms with E-state index in [-0.39, 0.29) is 5.78 Å². The van der Waals surface area contributed by atoms with Crippen LogP contribution < -0.4 is 4.74 Å². The predicted molar refractivity (Wildman–Crippen MR) is 60.7 cm³/mol. The monoisotopic (exact) mass is 270 g/mol. The lowest BCUT2D eigenvalue weighted by atomic mass is 10.1. The highest BCUT2D eigenvalue weighted by atomic mass is 79.9. The normalized spacial score (nSPS) is 9.80. The van der Waals surface area contributed by atoms with Gasteiger partial charge in [-0.2, -0.15) is 0 Å². The van der Waals surface area contributed by atoms with Crippen LogP contribution in [-0.4, -0.2) is 18.7 Å². The van der Waals surface area contributed by atoms with E-state index in [1.807, 2.05) is 6.92 Å². The second kappa shape index (κ2) is 5.07. The van der Waals surface area contributed by atoms with Gasteiger partial charge >= 0.3 is 0 Å². The molecule has 0 amide bonds. The minimum absolute atomic E-state index is 0.0898. The van der Waals surface area contributed by atoms with Crippen LogP contribution in [0, 0.1) is 0 Å². The summed E-state index contributed by atoms with van der Waals surface area (Å²) in [6.07, 6.45) is 0.682. The molecule has 0 N–H and O–H groups in total. The van der Waals surface area contributed by atoms with Gasteiger partial charge in [0.1, 0.15) is 5.75 Å². The van der Waals surface area contributed by atoms with Gasteiger partial charge < -0.3 is 4.74 Å². The number of Topliss-reactive ketones (excluding diaryl/α,β-unsaturated/α-hetero) is 1. The third-order valence-corrected chi connectivity index (χ3v) is 2.79. The van der Waals surface area contributed by atoms with Crippen molar-refractivity contribution in [2.75, 3.05) is 6.61 Å². The Kier molecular flexibility index (Phi) is 4.03. The molecule has 3 nitrogen and oxygen atoms in total. The zero-order valence-electron chi connectivity index (χ0n) is 8.54. The van der Waals surface area contributed by atoms with Crippen LogP contribution in [0.5, 0.6) is 5.75 Å². The quantitative estimate of drug-likeness (QED) is 0.624. The third-order valence-electron chi connectivity index (χ3n) is 1.94. The van der Waals surface area contributed by atoms with Gasteiger partial charge in [-0.05, 0) is 41.9 Å². The van der Waals surface area contributed by atoms with E-state index in [1.54, 1.807) is 12.1 Å². The fourth-order valence-corrected chi connectivity index (χ4v) is 1.94. The Morgan fingerprint density at radius 2 is 2.20 bits per heavy atom. The summed E-state index contributed by atoms with van der Waals surface area (Å²) >= 11 is 3.23. The van der Waals surface area contributed by atoms with Crippen LogP contribution in [0.25, 0.3) is 0 Å². The van der Waals surface area contributed by atoms with E-state index in [2.05, 4.69) is 15.9 Å². The Hall–Kier alpha value is -1.16. The van der Waals surface area contributed by atoms with Gasteiger partial charge in [-0.1, -0.05) is 0 Å². The molecule has 0 radical (unpaired) electrons. The fourth-order valence-electron chi connectivity index (χ4n) is 1.24. The summed E-state index contributed by atoms with van der Waals surface area (Å²) in [4.78, 5) is 22.1. The highest BCUT2D eigenvalue weighted by Crippen LogP contribution is 2.29. The van der Waals surface area contributed by atoms with Crippen molar-refractivity contribution in [1.82, 2.24) is 0 Å². The number of carbonyl (C=O) groups is 2. The summed E-state index contributed by atoms with van der Waals surface area (Å²) in [5.74, 6) is 0.400. The van der Waals surface area contributed by atoms with E-state index in [4.69, 9.17) is 4.74 Å². The summed E-state index contributed by atoms with van der Waals surface area (Å²) in [7, 11) is 0. The first-order valence-corrected chi connectivity index (χ1v) is 5.32. The van der Waals surface area contributed by atoms with E-state index in [0.29, 0.717) is 34.2 Å². The van der Waals surface area contributed by atoms with Crippen LogP contribution in [0.15, 0.2) is 16.6 Å². The van der Waals surface area contributed by atoms with Crippen LogP contribution in [0.2, 0.25) is 0 Å². The average molecular weight is 271 g/mol. The minimum atomic E-state index is -0.0898. The van der Waals surface area contributed by atoms with Gasteiger partial charge in [0.25, 0.3) is 0 Å². The number of halogens is 1. The number of carbonyl (C=O) groups excluding carboxylic acids is 2. The number of benzene rings is 1. The van der Waals surface area contributed by atoms with Crippen molar-refractivity contribution in [2.24, 2.45) is 0 Å². The second-order valence-electron chi connectivity index (χ2n) is 2.95. The predicted octanol–water partition coefficient (Wildman–Crippen LogP) is 2.86. The zero-order valence-corrected chi connectivity index (χ0v) is 10.1. The maximum Gasteiger partial charge on any atom is 0.160 e. The molecule has 0 atom stereocenters. The number of hydrogen-bond donors (Lipinski definition) is 0. The Morgan fingerprint density at radius 3 is 2.67 bits per heavy atom. The highest BCUT2D eigenvalue weighted by molar-refractivity contribution is 9.10. The van der Waals surface area contributed by atoms with Crippen LogP contribution in [0.3, 0.4) is 0 Å². The Bertz CT molecular complexity index is 399. The molecule has 0 fully saturated rings. The molecular formula is C11H11BrO3. The molecule has 1 aromatic carbocycles. The smallest absolute Gasteiger partial charge is 0.160 e. The second-order valence-corrected chi connectivity index (χ2v) is 3.74. The van der Waals surface area contributed by atoms with E-state index in [9.17, 15) is 9.59 Å². The van der Waals surface area contributed by atoms with Crippen molar-refractivity contribution < 1.29 is 14.3 Å². The highest BCUT2D eigenvalue weighted by Gasteiger charge is 2.13. The summed E-state index contributed by atoms with van der Waals surface area (Å²) in [6, 6.07) is 3.28. The number of aldehydes is 1. The maximum atomic E-state index is 11.2. The summed E-state index contributed by atoms with van der Waals surface area (Å²) in [6.45, 7) is 3.77. The topological polar surface area (TPSA) is 43.4 Å². The lowest BCUT2D eigenvalue weighted by Crippen LogP contribution is -2.01. The molecule has 0 bridgehead atoms. The van der Waals surface area contributed by atoms with Crippen LogP contribution in [0.1, 0.15) is 34.6 Å². The average Bonchev–Trinajstić information content (AvgIpc) is 2.18. The first kappa shape index (κ1) is 11.9. The SMILES string of the molecule is CCOc1ccc(C(C)=O)c(Br)c1C=O. The first-order valence-electron chi connectivity index (χ1n) is 4.53. The van der Waals surface area contributed by atoms with Crippen LogP contribution in [-0.2, 0) is 0 Å². The Morgan fingerprint density at radius 1 is 1.53 bits per heavy atom. The molecule has 15 heavy (non-hydrogen) atoms. The van der Waals surface area contributed by atoms with Gasteiger partial charge in [0.05, 0.1) is 12.2 Å². The molecule has 0 aliphatic rings. The Balaban J connectivity index is 3.32. The molecule has 0 aliphatic carbocycles. The van der Waals surface area contributed by atoms with Gasteiger partial charge in [-0.25, -0.2) is 0 Å². The van der Waals surface area contributed by atoms with Crippen LogP contribution >= 0.6 is 15.9 Å². The molecule has 0 saturated heterocycles. The standard InChI is InChI=1S/C11H11BrO3/c1-3-15-10-5-4-8(7(2)14)11(12)9(10)6-13/h4-6H,3H2,1-2H3. The van der Waals surface area contributed by atoms with Gasteiger partial charge in [0.2, 0.25) is 0 Å². The van der Waals surface area contributed by atoms with Crippen molar-refractivity contribution in [3.05, 3.63) is 27.7 Å². The molecule has 80 valence electrons. The molecule has 0 aliphatic heterocycles. The molecule has 0 saturated carbocycles. The lowest BCUT2D eigenvalue weighted by molar-refractivity contribution is 0.101. The third kappa shape index (κ3) is 2.45.